The Morgan fingerprint density at radius 2 is 2.08 bits per heavy atom. The number of amides is 1. The number of H-pyrrole nitrogens is 1. The first-order chi connectivity index (χ1) is 11.7. The molecule has 3 aromatic rings. The van der Waals surface area contributed by atoms with Gasteiger partial charge in [0.1, 0.15) is 18.1 Å². The van der Waals surface area contributed by atoms with Crippen molar-refractivity contribution < 1.29 is 9.53 Å². The third-order valence-corrected chi connectivity index (χ3v) is 3.78. The Kier molecular flexibility index (Phi) is 5.22. The first kappa shape index (κ1) is 16.2. The van der Waals surface area contributed by atoms with E-state index in [-0.39, 0.29) is 5.91 Å². The minimum absolute atomic E-state index is 0.222. The Morgan fingerprint density at radius 1 is 1.25 bits per heavy atom. The van der Waals surface area contributed by atoms with Gasteiger partial charge in [0.25, 0.3) is 5.91 Å². The van der Waals surface area contributed by atoms with Gasteiger partial charge in [-0.15, -0.1) is 0 Å². The summed E-state index contributed by atoms with van der Waals surface area (Å²) >= 11 is 3.39. The molecule has 24 heavy (non-hydrogen) atoms. The maximum atomic E-state index is 12.1. The number of benzene rings is 1. The maximum absolute atomic E-state index is 12.1. The van der Waals surface area contributed by atoms with Crippen LogP contribution >= 0.6 is 15.9 Å². The van der Waals surface area contributed by atoms with E-state index in [1.54, 1.807) is 24.5 Å². The highest BCUT2D eigenvalue weighted by molar-refractivity contribution is 9.10. The highest BCUT2D eigenvalue weighted by Gasteiger charge is 2.10. The average Bonchev–Trinajstić information content (AvgIpc) is 3.10. The van der Waals surface area contributed by atoms with Crippen LogP contribution in [0.3, 0.4) is 0 Å². The summed E-state index contributed by atoms with van der Waals surface area (Å²) < 4.78 is 6.46. The molecule has 6 nitrogen and oxygen atoms in total. The highest BCUT2D eigenvalue weighted by atomic mass is 79.9. The molecule has 0 aliphatic carbocycles. The van der Waals surface area contributed by atoms with E-state index in [0.717, 1.165) is 15.7 Å². The van der Waals surface area contributed by atoms with Crippen molar-refractivity contribution in [2.75, 3.05) is 13.2 Å². The van der Waals surface area contributed by atoms with Crippen molar-refractivity contribution in [1.29, 1.82) is 0 Å². The molecule has 0 fully saturated rings. The van der Waals surface area contributed by atoms with Gasteiger partial charge in [0.2, 0.25) is 0 Å². The fraction of sp³-hybridized carbons (Fsp3) is 0.118. The second-order valence-electron chi connectivity index (χ2n) is 4.97. The van der Waals surface area contributed by atoms with E-state index in [1.165, 1.54) is 0 Å². The fourth-order valence-corrected chi connectivity index (χ4v) is 2.33. The molecule has 0 unspecified atom stereocenters. The quantitative estimate of drug-likeness (QED) is 0.638. The largest absolute Gasteiger partial charge is 0.490 e. The van der Waals surface area contributed by atoms with Crippen LogP contribution in [0.5, 0.6) is 5.75 Å². The average molecular weight is 387 g/mol. The van der Waals surface area contributed by atoms with Crippen molar-refractivity contribution in [3.63, 3.8) is 0 Å². The number of pyridine rings is 1. The van der Waals surface area contributed by atoms with Crippen molar-refractivity contribution in [1.82, 2.24) is 20.5 Å². The number of hydrogen-bond donors (Lipinski definition) is 2. The zero-order valence-corrected chi connectivity index (χ0v) is 14.3. The lowest BCUT2D eigenvalue weighted by atomic mass is 10.1. The number of halogens is 1. The number of rotatable bonds is 6. The first-order valence-electron chi connectivity index (χ1n) is 7.35. The Balaban J connectivity index is 1.51. The molecule has 0 aliphatic heterocycles. The van der Waals surface area contributed by atoms with Crippen molar-refractivity contribution >= 4 is 21.8 Å². The zero-order valence-electron chi connectivity index (χ0n) is 12.7. The fourth-order valence-electron chi connectivity index (χ4n) is 2.07. The smallest absolute Gasteiger partial charge is 0.269 e. The maximum Gasteiger partial charge on any atom is 0.269 e. The van der Waals surface area contributed by atoms with Gasteiger partial charge in [0.05, 0.1) is 18.4 Å². The lowest BCUT2D eigenvalue weighted by Crippen LogP contribution is -2.28. The number of carbonyl (C=O) groups excluding carboxylic acids is 1. The topological polar surface area (TPSA) is 79.9 Å². The van der Waals surface area contributed by atoms with Gasteiger partial charge in [-0.3, -0.25) is 14.9 Å². The Bertz CT molecular complexity index is 803. The van der Waals surface area contributed by atoms with Gasteiger partial charge >= 0.3 is 0 Å². The third-order valence-electron chi connectivity index (χ3n) is 3.25. The standard InChI is InChI=1S/C17H15BrN4O2/c18-13-5-3-12(4-6-13)15-10-16(22-21-15)17(23)20-8-9-24-14-2-1-7-19-11-14/h1-7,10-11H,8-9H2,(H,20,23)(H,21,22). The van der Waals surface area contributed by atoms with Crippen LogP contribution < -0.4 is 10.1 Å². The highest BCUT2D eigenvalue weighted by Crippen LogP contribution is 2.20. The van der Waals surface area contributed by atoms with Crippen molar-refractivity contribution in [2.24, 2.45) is 0 Å². The molecule has 0 saturated heterocycles. The van der Waals surface area contributed by atoms with Crippen LogP contribution in [0.25, 0.3) is 11.3 Å². The minimum Gasteiger partial charge on any atom is -0.490 e. The number of ether oxygens (including phenoxy) is 1. The summed E-state index contributed by atoms with van der Waals surface area (Å²) in [7, 11) is 0. The molecule has 0 aliphatic rings. The van der Waals surface area contributed by atoms with Gasteiger partial charge < -0.3 is 10.1 Å². The number of nitrogens with one attached hydrogen (secondary N) is 2. The van der Waals surface area contributed by atoms with Gasteiger partial charge in [-0.1, -0.05) is 28.1 Å². The molecular weight excluding hydrogens is 372 g/mol. The van der Waals surface area contributed by atoms with Gasteiger partial charge in [0.15, 0.2) is 0 Å². The van der Waals surface area contributed by atoms with Crippen LogP contribution in [-0.4, -0.2) is 34.2 Å². The van der Waals surface area contributed by atoms with Crippen molar-refractivity contribution in [3.05, 3.63) is 65.0 Å². The lowest BCUT2D eigenvalue weighted by molar-refractivity contribution is 0.0942. The zero-order chi connectivity index (χ0) is 16.8. The molecule has 3 rings (SSSR count). The minimum atomic E-state index is -0.222. The molecule has 1 amide bonds. The van der Waals surface area contributed by atoms with Gasteiger partial charge in [0, 0.05) is 16.2 Å². The van der Waals surface area contributed by atoms with E-state index >= 15 is 0 Å². The summed E-state index contributed by atoms with van der Waals surface area (Å²) in [6, 6.07) is 13.1. The van der Waals surface area contributed by atoms with Gasteiger partial charge in [-0.25, -0.2) is 0 Å². The van der Waals surface area contributed by atoms with Crippen molar-refractivity contribution in [2.45, 2.75) is 0 Å². The predicted molar refractivity (Wildman–Crippen MR) is 93.8 cm³/mol. The predicted octanol–water partition coefficient (Wildman–Crippen LogP) is 3.04. The van der Waals surface area contributed by atoms with Gasteiger partial charge in [-0.2, -0.15) is 5.10 Å². The first-order valence-corrected chi connectivity index (χ1v) is 8.14. The Labute approximate surface area is 147 Å². The summed E-state index contributed by atoms with van der Waals surface area (Å²) in [6.07, 6.45) is 3.30. The van der Waals surface area contributed by atoms with E-state index in [0.29, 0.717) is 24.6 Å². The summed E-state index contributed by atoms with van der Waals surface area (Å²) in [5.41, 5.74) is 2.07. The Morgan fingerprint density at radius 3 is 2.83 bits per heavy atom. The van der Waals surface area contributed by atoms with E-state index in [2.05, 4.69) is 36.4 Å². The van der Waals surface area contributed by atoms with Crippen molar-refractivity contribution in [3.8, 4) is 17.0 Å². The summed E-state index contributed by atoms with van der Waals surface area (Å²) in [4.78, 5) is 16.1. The van der Waals surface area contributed by atoms with Crippen LogP contribution in [-0.2, 0) is 0 Å². The molecule has 0 atom stereocenters. The molecule has 7 heteroatoms. The second kappa shape index (κ2) is 7.74. The van der Waals surface area contributed by atoms with E-state index in [1.807, 2.05) is 30.3 Å². The normalized spacial score (nSPS) is 10.4. The van der Waals surface area contributed by atoms with Crippen LogP contribution in [0, 0.1) is 0 Å². The number of carbonyl (C=O) groups is 1. The number of aromatic amines is 1. The summed E-state index contributed by atoms with van der Waals surface area (Å²) in [5.74, 6) is 0.450. The van der Waals surface area contributed by atoms with Crippen LogP contribution in [0.4, 0.5) is 0 Å². The molecule has 2 aromatic heterocycles. The molecule has 0 saturated carbocycles. The monoisotopic (exact) mass is 386 g/mol. The molecule has 122 valence electrons. The summed E-state index contributed by atoms with van der Waals surface area (Å²) in [6.45, 7) is 0.755. The molecule has 2 N–H and O–H groups in total. The SMILES string of the molecule is O=C(NCCOc1cccnc1)c1cc(-c2ccc(Br)cc2)n[nH]1. The number of aromatic nitrogens is 3. The molecular formula is C17H15BrN4O2. The van der Waals surface area contributed by atoms with E-state index in [4.69, 9.17) is 4.74 Å². The number of hydrogen-bond acceptors (Lipinski definition) is 4. The van der Waals surface area contributed by atoms with Crippen LogP contribution in [0.2, 0.25) is 0 Å². The third kappa shape index (κ3) is 4.20. The molecule has 2 heterocycles. The van der Waals surface area contributed by atoms with Crippen LogP contribution in [0.15, 0.2) is 59.3 Å². The van der Waals surface area contributed by atoms with Gasteiger partial charge in [-0.05, 0) is 30.3 Å². The summed E-state index contributed by atoms with van der Waals surface area (Å²) in [5, 5.41) is 9.71. The Hall–Kier alpha value is -2.67. The lowest BCUT2D eigenvalue weighted by Gasteiger charge is -2.06. The second-order valence-corrected chi connectivity index (χ2v) is 5.88. The molecule has 1 aromatic carbocycles. The van der Waals surface area contributed by atoms with E-state index < -0.39 is 0 Å². The van der Waals surface area contributed by atoms with E-state index in [9.17, 15) is 4.79 Å². The van der Waals surface area contributed by atoms with Crippen LogP contribution in [0.1, 0.15) is 10.5 Å². The molecule has 0 bridgehead atoms. The number of nitrogens with zero attached hydrogens (tertiary/aromatic N) is 2. The molecule has 0 spiro atoms. The molecule has 0 radical (unpaired) electrons.